The Labute approximate surface area is 144 Å². The molecule has 2 aliphatic heterocycles. The highest BCUT2D eigenvalue weighted by Crippen LogP contribution is 2.39. The third kappa shape index (κ3) is 2.97. The zero-order chi connectivity index (χ0) is 17.4. The van der Waals surface area contributed by atoms with Gasteiger partial charge in [-0.1, -0.05) is 18.2 Å². The van der Waals surface area contributed by atoms with E-state index in [4.69, 9.17) is 0 Å². The molecular weight excluding hydrogens is 327 g/mol. The first-order valence-corrected chi connectivity index (χ1v) is 8.40. The molecule has 3 heterocycles. The minimum absolute atomic E-state index is 0.426. The lowest BCUT2D eigenvalue weighted by atomic mass is 10.0. The van der Waals surface area contributed by atoms with Crippen molar-refractivity contribution in [3.05, 3.63) is 65.6 Å². The van der Waals surface area contributed by atoms with Crippen molar-refractivity contribution in [1.82, 2.24) is 9.99 Å². The highest BCUT2D eigenvalue weighted by Gasteiger charge is 2.35. The lowest BCUT2D eigenvalue weighted by Gasteiger charge is -2.36. The van der Waals surface area contributed by atoms with Gasteiger partial charge in [-0.3, -0.25) is 15.0 Å². The summed E-state index contributed by atoms with van der Waals surface area (Å²) in [5, 5.41) is 4.35. The minimum atomic E-state index is -4.35. The number of fused-ring (bicyclic) bond motifs is 1. The Hall–Kier alpha value is -2.50. The maximum absolute atomic E-state index is 13.1. The molecule has 1 fully saturated rings. The van der Waals surface area contributed by atoms with Crippen molar-refractivity contribution >= 4 is 11.3 Å². The van der Waals surface area contributed by atoms with Gasteiger partial charge in [0.05, 0.1) is 23.5 Å². The van der Waals surface area contributed by atoms with E-state index in [1.165, 1.54) is 12.3 Å². The number of anilines is 1. The number of hydrogen-bond acceptors (Lipinski definition) is 3. The minimum Gasteiger partial charge on any atom is -0.289 e. The largest absolute Gasteiger partial charge is 0.416 e. The summed E-state index contributed by atoms with van der Waals surface area (Å²) in [6, 6.07) is 12.1. The van der Waals surface area contributed by atoms with Crippen LogP contribution in [-0.4, -0.2) is 23.1 Å². The van der Waals surface area contributed by atoms with Crippen molar-refractivity contribution in [2.45, 2.75) is 25.4 Å². The van der Waals surface area contributed by atoms with Gasteiger partial charge < -0.3 is 0 Å². The van der Waals surface area contributed by atoms with Crippen LogP contribution in [0.3, 0.4) is 0 Å². The summed E-state index contributed by atoms with van der Waals surface area (Å²) >= 11 is 0. The Morgan fingerprint density at radius 3 is 2.52 bits per heavy atom. The molecule has 0 bridgehead atoms. The van der Waals surface area contributed by atoms with Crippen molar-refractivity contribution in [1.29, 1.82) is 0 Å². The molecule has 0 unspecified atom stereocenters. The molecule has 3 nitrogen and oxygen atoms in total. The number of piperidine rings is 1. The van der Waals surface area contributed by atoms with Crippen LogP contribution in [0.2, 0.25) is 0 Å². The monoisotopic (exact) mass is 345 g/mol. The number of pyridine rings is 1. The second kappa shape index (κ2) is 6.10. The number of hydrogen-bond donors (Lipinski definition) is 0. The molecule has 2 aliphatic rings. The average Bonchev–Trinajstić information content (AvgIpc) is 3.02. The van der Waals surface area contributed by atoms with Gasteiger partial charge in [-0.15, -0.1) is 0 Å². The molecule has 0 radical (unpaired) electrons. The van der Waals surface area contributed by atoms with Gasteiger partial charge in [-0.25, -0.2) is 0 Å². The number of para-hydroxylation sites is 1. The third-order valence-electron chi connectivity index (χ3n) is 4.74. The van der Waals surface area contributed by atoms with Gasteiger partial charge in [0, 0.05) is 24.0 Å². The molecule has 0 atom stereocenters. The molecule has 0 saturated carbocycles. The van der Waals surface area contributed by atoms with Crippen LogP contribution < -0.4 is 5.01 Å². The zero-order valence-electron chi connectivity index (χ0n) is 13.6. The van der Waals surface area contributed by atoms with Crippen molar-refractivity contribution in [2.75, 3.05) is 18.1 Å². The molecule has 1 saturated heterocycles. The van der Waals surface area contributed by atoms with Gasteiger partial charge in [-0.2, -0.15) is 13.2 Å². The first kappa shape index (κ1) is 16.0. The Bertz CT molecular complexity index is 799. The molecular formula is C19H18F3N3. The topological polar surface area (TPSA) is 19.4 Å². The third-order valence-corrected chi connectivity index (χ3v) is 4.74. The van der Waals surface area contributed by atoms with Gasteiger partial charge in [0.2, 0.25) is 0 Å². The molecule has 130 valence electrons. The van der Waals surface area contributed by atoms with Crippen LogP contribution in [0.25, 0.3) is 5.57 Å². The van der Waals surface area contributed by atoms with Crippen molar-refractivity contribution in [2.24, 2.45) is 0 Å². The molecule has 2 aromatic rings. The smallest absolute Gasteiger partial charge is 0.289 e. The van der Waals surface area contributed by atoms with Crippen LogP contribution in [-0.2, 0) is 6.18 Å². The maximum atomic E-state index is 13.1. The number of alkyl halides is 3. The number of nitrogens with zero attached hydrogens (tertiary/aromatic N) is 3. The summed E-state index contributed by atoms with van der Waals surface area (Å²) in [4.78, 5) is 4.24. The van der Waals surface area contributed by atoms with E-state index in [9.17, 15) is 13.2 Å². The van der Waals surface area contributed by atoms with Gasteiger partial charge in [0.15, 0.2) is 0 Å². The summed E-state index contributed by atoms with van der Waals surface area (Å²) in [6.07, 6.45) is -0.0966. The normalized spacial score (nSPS) is 17.9. The van der Waals surface area contributed by atoms with E-state index in [0.717, 1.165) is 48.8 Å². The summed E-state index contributed by atoms with van der Waals surface area (Å²) < 4.78 is 39.2. The van der Waals surface area contributed by atoms with Crippen molar-refractivity contribution in [3.8, 4) is 0 Å². The number of hydrazine groups is 1. The predicted molar refractivity (Wildman–Crippen MR) is 90.5 cm³/mol. The van der Waals surface area contributed by atoms with Gasteiger partial charge in [0.25, 0.3) is 0 Å². The number of halogens is 3. The van der Waals surface area contributed by atoms with E-state index >= 15 is 0 Å². The predicted octanol–water partition coefficient (Wildman–Crippen LogP) is 4.73. The SMILES string of the molecule is FC(F)(F)c1ccnc(C2=C3CCCCN3N(c3ccccc3)C2)c1. The average molecular weight is 345 g/mol. The Morgan fingerprint density at radius 2 is 1.76 bits per heavy atom. The maximum Gasteiger partial charge on any atom is 0.416 e. The van der Waals surface area contributed by atoms with E-state index in [2.05, 4.69) is 15.0 Å². The number of benzene rings is 1. The van der Waals surface area contributed by atoms with Crippen LogP contribution in [0.1, 0.15) is 30.5 Å². The number of aromatic nitrogens is 1. The molecule has 4 rings (SSSR count). The molecule has 25 heavy (non-hydrogen) atoms. The van der Waals surface area contributed by atoms with Crippen LogP contribution in [0.15, 0.2) is 54.4 Å². The Balaban J connectivity index is 1.74. The fraction of sp³-hybridized carbons (Fsp3) is 0.316. The Morgan fingerprint density at radius 1 is 0.960 bits per heavy atom. The fourth-order valence-corrected chi connectivity index (χ4v) is 3.55. The standard InChI is InChI=1S/C19H18F3N3/c20-19(21,22)14-9-10-23-17(12-14)16-13-25(15-6-2-1-3-7-15)24-11-5-4-8-18(16)24/h1-3,6-7,9-10,12H,4-5,8,11,13H2. The summed E-state index contributed by atoms with van der Waals surface area (Å²) in [5.74, 6) is 0. The summed E-state index contributed by atoms with van der Waals surface area (Å²) in [7, 11) is 0. The fourth-order valence-electron chi connectivity index (χ4n) is 3.55. The molecule has 0 spiro atoms. The van der Waals surface area contributed by atoms with E-state index in [0.29, 0.717) is 12.2 Å². The molecule has 0 N–H and O–H groups in total. The van der Waals surface area contributed by atoms with Gasteiger partial charge >= 0.3 is 6.18 Å². The highest BCUT2D eigenvalue weighted by atomic mass is 19.4. The van der Waals surface area contributed by atoms with E-state index in [-0.39, 0.29) is 0 Å². The summed E-state index contributed by atoms with van der Waals surface area (Å²) in [5.41, 5.74) is 2.82. The van der Waals surface area contributed by atoms with E-state index in [1.807, 2.05) is 30.3 Å². The Kier molecular flexibility index (Phi) is 3.90. The second-order valence-corrected chi connectivity index (χ2v) is 6.33. The number of rotatable bonds is 2. The highest BCUT2D eigenvalue weighted by molar-refractivity contribution is 5.74. The van der Waals surface area contributed by atoms with Crippen LogP contribution in [0.4, 0.5) is 18.9 Å². The summed E-state index contributed by atoms with van der Waals surface area (Å²) in [6.45, 7) is 1.43. The van der Waals surface area contributed by atoms with E-state index < -0.39 is 11.7 Å². The molecule has 0 amide bonds. The first-order valence-electron chi connectivity index (χ1n) is 8.40. The molecule has 0 aliphatic carbocycles. The van der Waals surface area contributed by atoms with Gasteiger partial charge in [-0.05, 0) is 43.5 Å². The lowest BCUT2D eigenvalue weighted by Crippen LogP contribution is -2.39. The second-order valence-electron chi connectivity index (χ2n) is 6.33. The molecule has 1 aromatic heterocycles. The van der Waals surface area contributed by atoms with E-state index in [1.54, 1.807) is 0 Å². The van der Waals surface area contributed by atoms with Crippen LogP contribution in [0, 0.1) is 0 Å². The first-order chi connectivity index (χ1) is 12.0. The lowest BCUT2D eigenvalue weighted by molar-refractivity contribution is -0.137. The number of allylic oxidation sites excluding steroid dienone is 1. The molecule has 1 aromatic carbocycles. The zero-order valence-corrected chi connectivity index (χ0v) is 13.6. The van der Waals surface area contributed by atoms with Crippen LogP contribution in [0.5, 0.6) is 0 Å². The molecule has 6 heteroatoms. The quantitative estimate of drug-likeness (QED) is 0.784. The van der Waals surface area contributed by atoms with Crippen LogP contribution >= 0.6 is 0 Å². The van der Waals surface area contributed by atoms with Crippen molar-refractivity contribution < 1.29 is 13.2 Å². The van der Waals surface area contributed by atoms with Gasteiger partial charge in [0.1, 0.15) is 0 Å². The van der Waals surface area contributed by atoms with Crippen molar-refractivity contribution in [3.63, 3.8) is 0 Å².